The van der Waals surface area contributed by atoms with Crippen molar-refractivity contribution < 1.29 is 58.6 Å². The molecule has 2 aromatic carbocycles. The maximum absolute atomic E-state index is 14.7. The molecule has 0 spiro atoms. The first-order chi connectivity index (χ1) is 23.5. The predicted octanol–water partition coefficient (Wildman–Crippen LogP) is 6.33. The summed E-state index contributed by atoms with van der Waals surface area (Å²) in [4.78, 5) is 29.8. The fourth-order valence-electron chi connectivity index (χ4n) is 6.69. The third-order valence-corrected chi connectivity index (χ3v) is 9.47. The smallest absolute Gasteiger partial charge is 0.350 e. The van der Waals surface area contributed by atoms with Crippen LogP contribution in [0.1, 0.15) is 51.1 Å². The Morgan fingerprint density at radius 2 is 1.25 bits per heavy atom. The molecule has 4 aliphatic heterocycles. The molecule has 17 heteroatoms. The zero-order valence-corrected chi connectivity index (χ0v) is 31.9. The molecule has 0 atom stereocenters. The summed E-state index contributed by atoms with van der Waals surface area (Å²) >= 11 is 0. The van der Waals surface area contributed by atoms with E-state index in [0.717, 1.165) is 67.9 Å². The van der Waals surface area contributed by atoms with Gasteiger partial charge in [0.15, 0.2) is 0 Å². The molecule has 1 amide bonds. The average molecular weight is 855 g/mol. The molecular formula is C35H52ClF4N6O5Pd-. The number of nitrogens with two attached hydrogens (primary N) is 1. The maximum atomic E-state index is 14.7. The van der Waals surface area contributed by atoms with Crippen LogP contribution in [0.25, 0.3) is 0 Å². The second-order valence-electron chi connectivity index (χ2n) is 12.9. The molecule has 52 heavy (non-hydrogen) atoms. The Kier molecular flexibility index (Phi) is 18.0. The van der Waals surface area contributed by atoms with E-state index >= 15 is 0 Å². The minimum atomic E-state index is -3.82. The van der Waals surface area contributed by atoms with E-state index in [9.17, 15) is 32.5 Å². The first-order valence-electron chi connectivity index (χ1n) is 17.1. The Hall–Kier alpha value is -2.74. The SMILES string of the molecule is Cl.Nc1cc(C(F)(F)CN2CCOCC2)ccc1N1CCCCC1.O=C(N1CCOCC1)C(F)(F)c1ccc(N2CCCCC2)c([N+](=O)[O-])c1.[CH3-].[HH].[Pd]. The zero-order chi connectivity index (χ0) is 35.0. The quantitative estimate of drug-likeness (QED) is 0.0812. The molecule has 0 aromatic heterocycles. The van der Waals surface area contributed by atoms with Gasteiger partial charge in [-0.1, -0.05) is 6.07 Å². The first-order valence-corrected chi connectivity index (χ1v) is 17.1. The fraction of sp³-hybridized carbons (Fsp3) is 0.600. The molecular weight excluding hydrogens is 802 g/mol. The van der Waals surface area contributed by atoms with Gasteiger partial charge < -0.3 is 37.3 Å². The number of morpholine rings is 2. The summed E-state index contributed by atoms with van der Waals surface area (Å²) in [5.74, 6) is -8.06. The van der Waals surface area contributed by atoms with Gasteiger partial charge in [0.1, 0.15) is 5.69 Å². The molecule has 6 rings (SSSR count). The number of piperidine rings is 2. The summed E-state index contributed by atoms with van der Waals surface area (Å²) in [6, 6.07) is 8.02. The second-order valence-corrected chi connectivity index (χ2v) is 12.9. The summed E-state index contributed by atoms with van der Waals surface area (Å²) in [6.45, 7) is 5.66. The third kappa shape index (κ3) is 11.4. The number of ether oxygens (including phenoxy) is 2. The van der Waals surface area contributed by atoms with Gasteiger partial charge >= 0.3 is 5.92 Å². The van der Waals surface area contributed by atoms with Crippen LogP contribution in [-0.4, -0.2) is 106 Å². The van der Waals surface area contributed by atoms with Gasteiger partial charge in [0.05, 0.1) is 49.3 Å². The Morgan fingerprint density at radius 1 is 0.769 bits per heavy atom. The van der Waals surface area contributed by atoms with Gasteiger partial charge in [-0.25, -0.2) is 0 Å². The Labute approximate surface area is 324 Å². The Balaban J connectivity index is 0.000000496. The average Bonchev–Trinajstić information content (AvgIpc) is 3.12. The minimum absolute atomic E-state index is 0. The second kappa shape index (κ2) is 20.6. The van der Waals surface area contributed by atoms with Crippen LogP contribution in [-0.2, 0) is 46.5 Å². The van der Waals surface area contributed by atoms with Crippen LogP contribution in [0.15, 0.2) is 36.4 Å². The van der Waals surface area contributed by atoms with E-state index in [-0.39, 0.29) is 85.8 Å². The van der Waals surface area contributed by atoms with Gasteiger partial charge in [0.25, 0.3) is 17.5 Å². The third-order valence-electron chi connectivity index (χ3n) is 9.47. The van der Waals surface area contributed by atoms with Gasteiger partial charge in [0.2, 0.25) is 0 Å². The van der Waals surface area contributed by atoms with Crippen molar-refractivity contribution in [3.8, 4) is 0 Å². The summed E-state index contributed by atoms with van der Waals surface area (Å²) in [6.07, 6.45) is 6.36. The number of amides is 1. The molecule has 4 heterocycles. The van der Waals surface area contributed by atoms with Crippen molar-refractivity contribution in [3.05, 3.63) is 65.1 Å². The molecule has 0 unspecified atom stereocenters. The monoisotopic (exact) mass is 853 g/mol. The number of carbonyl (C=O) groups excluding carboxylic acids is 1. The van der Waals surface area contributed by atoms with Crippen molar-refractivity contribution in [1.82, 2.24) is 9.80 Å². The predicted molar refractivity (Wildman–Crippen MR) is 194 cm³/mol. The van der Waals surface area contributed by atoms with E-state index in [1.807, 2.05) is 4.90 Å². The fourth-order valence-corrected chi connectivity index (χ4v) is 6.69. The van der Waals surface area contributed by atoms with Crippen LogP contribution in [0.3, 0.4) is 0 Å². The van der Waals surface area contributed by atoms with Crippen LogP contribution in [0.5, 0.6) is 0 Å². The number of rotatable bonds is 8. The van der Waals surface area contributed by atoms with E-state index in [2.05, 4.69) is 4.90 Å². The Bertz CT molecular complexity index is 1450. The van der Waals surface area contributed by atoms with E-state index < -0.39 is 28.2 Å². The van der Waals surface area contributed by atoms with Gasteiger partial charge in [-0.2, -0.15) is 17.6 Å². The first kappa shape index (κ1) is 45.4. The number of nitrogen functional groups attached to an aromatic ring is 1. The number of hydrogen-bond donors (Lipinski definition) is 1. The number of nitrogens with zero attached hydrogens (tertiary/aromatic N) is 5. The number of anilines is 3. The number of alkyl halides is 4. The van der Waals surface area contributed by atoms with E-state index in [4.69, 9.17) is 15.2 Å². The molecule has 0 radical (unpaired) electrons. The standard InChI is InChI=1S/C17H21F2N3O4.C17H25F2N3O.CH3.ClH.Pd.H2/c18-17(19,16(23)21-8-10-26-11-9-21)13-4-5-14(15(12-13)22(24)25)20-6-2-1-3-7-20;18-17(19,13-21-8-10-23-11-9-21)14-4-5-16(15(20)12-14)22-6-2-1-3-7-22;;;;/h4-5,12H,1-3,6-11H2;4-5,12H,1-3,6-11,13,20H2;1H3;1H;;1H/q;;-1;;;. The van der Waals surface area contributed by atoms with Gasteiger partial charge in [-0.15, -0.1) is 12.4 Å². The summed E-state index contributed by atoms with van der Waals surface area (Å²) in [5, 5.41) is 11.4. The molecule has 4 aliphatic rings. The number of nitro groups is 1. The van der Waals surface area contributed by atoms with Crippen molar-refractivity contribution in [1.29, 1.82) is 0 Å². The summed E-state index contributed by atoms with van der Waals surface area (Å²) < 4.78 is 68.7. The van der Waals surface area contributed by atoms with Crippen molar-refractivity contribution in [2.45, 2.75) is 50.4 Å². The minimum Gasteiger partial charge on any atom is -0.397 e. The van der Waals surface area contributed by atoms with Gasteiger partial charge in [0, 0.05) is 91.4 Å². The van der Waals surface area contributed by atoms with Crippen LogP contribution in [0.4, 0.5) is 40.3 Å². The maximum Gasteiger partial charge on any atom is 0.350 e. The van der Waals surface area contributed by atoms with Crippen LogP contribution in [0.2, 0.25) is 0 Å². The summed E-state index contributed by atoms with van der Waals surface area (Å²) in [5.41, 5.74) is 6.70. The number of benzene rings is 2. The normalized spacial score (nSPS) is 18.5. The molecule has 2 aromatic rings. The molecule has 11 nitrogen and oxygen atoms in total. The van der Waals surface area contributed by atoms with Gasteiger partial charge in [-0.3, -0.25) is 19.8 Å². The number of nitro benzene ring substituents is 1. The topological polar surface area (TPSA) is 118 Å². The number of halogens is 5. The molecule has 298 valence electrons. The largest absolute Gasteiger partial charge is 0.397 e. The van der Waals surface area contributed by atoms with Crippen LogP contribution >= 0.6 is 12.4 Å². The van der Waals surface area contributed by atoms with Gasteiger partial charge in [-0.05, 0) is 62.8 Å². The summed E-state index contributed by atoms with van der Waals surface area (Å²) in [7, 11) is 0. The molecule has 4 saturated heterocycles. The zero-order valence-electron chi connectivity index (χ0n) is 29.5. The van der Waals surface area contributed by atoms with Crippen molar-refractivity contribution >= 4 is 41.1 Å². The number of carbonyl (C=O) groups is 1. The van der Waals surface area contributed by atoms with E-state index in [1.165, 1.54) is 24.6 Å². The molecule has 4 fully saturated rings. The van der Waals surface area contributed by atoms with Crippen molar-refractivity contribution in [2.75, 3.05) is 101 Å². The Morgan fingerprint density at radius 3 is 1.77 bits per heavy atom. The molecule has 0 aliphatic carbocycles. The van der Waals surface area contributed by atoms with Crippen molar-refractivity contribution in [2.24, 2.45) is 0 Å². The van der Waals surface area contributed by atoms with E-state index in [0.29, 0.717) is 50.8 Å². The van der Waals surface area contributed by atoms with Crippen molar-refractivity contribution in [3.63, 3.8) is 0 Å². The number of hydrogen-bond acceptors (Lipinski definition) is 9. The van der Waals surface area contributed by atoms with E-state index in [1.54, 1.807) is 11.0 Å². The van der Waals surface area contributed by atoms with Crippen LogP contribution in [0, 0.1) is 17.5 Å². The molecule has 0 bridgehead atoms. The molecule has 2 N–H and O–H groups in total. The van der Waals surface area contributed by atoms with Crippen LogP contribution < -0.4 is 15.5 Å². The molecule has 0 saturated carbocycles.